The van der Waals surface area contributed by atoms with Gasteiger partial charge in [-0.1, -0.05) is 32.1 Å². The van der Waals surface area contributed by atoms with Crippen molar-refractivity contribution in [3.05, 3.63) is 58.7 Å². The number of carbonyl (C=O) groups is 1. The van der Waals surface area contributed by atoms with Gasteiger partial charge in [-0.3, -0.25) is 9.69 Å². The first-order valence-corrected chi connectivity index (χ1v) is 14.0. The number of aromatic nitrogens is 2. The Morgan fingerprint density at radius 2 is 1.91 bits per heavy atom. The second kappa shape index (κ2) is 9.08. The monoisotopic (exact) mass is 483 g/mol. The summed E-state index contributed by atoms with van der Waals surface area (Å²) in [4.78, 5) is 22.5. The number of Topliss-reactive ketones (excluding diaryl/α,β-unsaturated/α-hetero) is 1. The first-order valence-electron chi connectivity index (χ1n) is 12.2. The standard InChI is InChI=1S/C27H37N3O3S/c1-19-18-28-25(29-19)24(31)16-21-6-7-22(17-23(21)20-8-10-26(2,3)11-9-20)27(4,5)30-12-14-34(32,33)15-13-30/h6-8,17-18H,9-16H2,1-5H3,(H,28,29). The number of allylic oxidation sites excluding steroid dienone is 2. The van der Waals surface area contributed by atoms with Crippen molar-refractivity contribution in [1.82, 2.24) is 14.9 Å². The van der Waals surface area contributed by atoms with Crippen LogP contribution in [0.5, 0.6) is 0 Å². The number of hydrogen-bond donors (Lipinski definition) is 1. The molecule has 0 atom stereocenters. The van der Waals surface area contributed by atoms with Gasteiger partial charge in [0.15, 0.2) is 15.7 Å². The molecule has 0 saturated carbocycles. The summed E-state index contributed by atoms with van der Waals surface area (Å²) >= 11 is 0. The fraction of sp³-hybridized carbons (Fsp3) is 0.556. The lowest BCUT2D eigenvalue weighted by Crippen LogP contribution is -2.49. The summed E-state index contributed by atoms with van der Waals surface area (Å²) in [6, 6.07) is 6.43. The van der Waals surface area contributed by atoms with Crippen LogP contribution in [-0.2, 0) is 21.8 Å². The molecule has 0 amide bonds. The summed E-state index contributed by atoms with van der Waals surface area (Å²) in [5, 5.41) is 0. The molecule has 1 saturated heterocycles. The van der Waals surface area contributed by atoms with Crippen molar-refractivity contribution in [3.8, 4) is 0 Å². The minimum absolute atomic E-state index is 0.0145. The number of rotatable bonds is 6. The van der Waals surface area contributed by atoms with Gasteiger partial charge in [0.25, 0.3) is 0 Å². The third kappa shape index (κ3) is 5.36. The van der Waals surface area contributed by atoms with E-state index in [1.807, 2.05) is 6.92 Å². The predicted molar refractivity (Wildman–Crippen MR) is 137 cm³/mol. The highest BCUT2D eigenvalue weighted by Crippen LogP contribution is 2.40. The number of ketones is 1. The lowest BCUT2D eigenvalue weighted by atomic mass is 9.75. The molecule has 1 aliphatic carbocycles. The summed E-state index contributed by atoms with van der Waals surface area (Å²) in [6.45, 7) is 11.9. The van der Waals surface area contributed by atoms with Crippen LogP contribution in [0.2, 0.25) is 0 Å². The largest absolute Gasteiger partial charge is 0.340 e. The van der Waals surface area contributed by atoms with E-state index in [0.717, 1.165) is 41.6 Å². The highest BCUT2D eigenvalue weighted by molar-refractivity contribution is 7.91. The van der Waals surface area contributed by atoms with E-state index >= 15 is 0 Å². The molecular formula is C27H37N3O3S. The van der Waals surface area contributed by atoms with E-state index in [0.29, 0.717) is 30.7 Å². The number of nitrogens with zero attached hydrogens (tertiary/aromatic N) is 2. The minimum atomic E-state index is -2.94. The van der Waals surface area contributed by atoms with E-state index in [9.17, 15) is 13.2 Å². The van der Waals surface area contributed by atoms with Crippen molar-refractivity contribution in [2.75, 3.05) is 24.6 Å². The van der Waals surface area contributed by atoms with Crippen LogP contribution in [0.15, 0.2) is 30.5 Å². The lowest BCUT2D eigenvalue weighted by molar-refractivity contribution is 0.0983. The number of nitrogens with one attached hydrogen (secondary N) is 1. The molecular weight excluding hydrogens is 446 g/mol. The third-order valence-electron chi connectivity index (χ3n) is 7.59. The number of aromatic amines is 1. The normalized spacial score (nSPS) is 20.7. The van der Waals surface area contributed by atoms with Gasteiger partial charge in [0.05, 0.1) is 11.5 Å². The Bertz CT molecular complexity index is 1210. The molecule has 2 heterocycles. The van der Waals surface area contributed by atoms with Crippen molar-refractivity contribution < 1.29 is 13.2 Å². The molecule has 6 nitrogen and oxygen atoms in total. The van der Waals surface area contributed by atoms with E-state index in [1.165, 1.54) is 5.57 Å². The summed E-state index contributed by atoms with van der Waals surface area (Å²) in [6.07, 6.45) is 7.44. The Morgan fingerprint density at radius 1 is 1.21 bits per heavy atom. The summed E-state index contributed by atoms with van der Waals surface area (Å²) in [5.74, 6) is 0.803. The maximum Gasteiger partial charge on any atom is 0.202 e. The molecule has 1 aromatic heterocycles. The lowest BCUT2D eigenvalue weighted by Gasteiger charge is -2.41. The summed E-state index contributed by atoms with van der Waals surface area (Å²) < 4.78 is 23.9. The van der Waals surface area contributed by atoms with Crippen LogP contribution in [0.4, 0.5) is 0 Å². The molecule has 1 fully saturated rings. The molecule has 184 valence electrons. The second-order valence-corrected chi connectivity index (χ2v) is 13.5. The van der Waals surface area contributed by atoms with Crippen LogP contribution in [0, 0.1) is 12.3 Å². The fourth-order valence-electron chi connectivity index (χ4n) is 5.00. The molecule has 2 aromatic rings. The van der Waals surface area contributed by atoms with E-state index in [-0.39, 0.29) is 22.8 Å². The quantitative estimate of drug-likeness (QED) is 0.602. The Labute approximate surface area is 203 Å². The van der Waals surface area contributed by atoms with Crippen molar-refractivity contribution in [2.24, 2.45) is 5.41 Å². The van der Waals surface area contributed by atoms with Gasteiger partial charge < -0.3 is 4.98 Å². The van der Waals surface area contributed by atoms with Gasteiger partial charge in [0, 0.05) is 36.9 Å². The summed E-state index contributed by atoms with van der Waals surface area (Å²) in [5.41, 5.74) is 5.48. The number of sulfone groups is 1. The molecule has 34 heavy (non-hydrogen) atoms. The topological polar surface area (TPSA) is 83.1 Å². The van der Waals surface area contributed by atoms with Crippen LogP contribution in [-0.4, -0.2) is 53.7 Å². The molecule has 0 bridgehead atoms. The predicted octanol–water partition coefficient (Wildman–Crippen LogP) is 4.70. The van der Waals surface area contributed by atoms with Gasteiger partial charge in [0.1, 0.15) is 0 Å². The van der Waals surface area contributed by atoms with E-state index in [1.54, 1.807) is 6.20 Å². The van der Waals surface area contributed by atoms with Crippen LogP contribution < -0.4 is 0 Å². The zero-order chi connectivity index (χ0) is 24.7. The smallest absolute Gasteiger partial charge is 0.202 e. The third-order valence-corrected chi connectivity index (χ3v) is 9.20. The Kier molecular flexibility index (Phi) is 6.64. The zero-order valence-electron chi connectivity index (χ0n) is 21.1. The first kappa shape index (κ1) is 24.9. The molecule has 1 aromatic carbocycles. The summed E-state index contributed by atoms with van der Waals surface area (Å²) in [7, 11) is -2.94. The minimum Gasteiger partial charge on any atom is -0.340 e. The molecule has 2 aliphatic rings. The number of imidazole rings is 1. The molecule has 7 heteroatoms. The van der Waals surface area contributed by atoms with Gasteiger partial charge in [-0.2, -0.15) is 0 Å². The van der Waals surface area contributed by atoms with Gasteiger partial charge in [-0.25, -0.2) is 13.4 Å². The molecule has 1 N–H and O–H groups in total. The number of carbonyl (C=O) groups excluding carboxylic acids is 1. The van der Waals surface area contributed by atoms with Gasteiger partial charge >= 0.3 is 0 Å². The van der Waals surface area contributed by atoms with Gasteiger partial charge in [0.2, 0.25) is 5.78 Å². The number of benzene rings is 1. The Morgan fingerprint density at radius 3 is 2.50 bits per heavy atom. The Hall–Kier alpha value is -2.25. The first-order chi connectivity index (χ1) is 15.9. The average molecular weight is 484 g/mol. The molecule has 0 spiro atoms. The van der Waals surface area contributed by atoms with Crippen LogP contribution in [0.25, 0.3) is 5.57 Å². The number of hydrogen-bond acceptors (Lipinski definition) is 5. The van der Waals surface area contributed by atoms with Crippen molar-refractivity contribution in [1.29, 1.82) is 0 Å². The van der Waals surface area contributed by atoms with Crippen molar-refractivity contribution in [2.45, 2.75) is 65.8 Å². The highest BCUT2D eigenvalue weighted by Gasteiger charge is 2.34. The Balaban J connectivity index is 1.68. The number of H-pyrrole nitrogens is 1. The molecule has 4 rings (SSSR count). The SMILES string of the molecule is Cc1cnc(C(=O)Cc2ccc(C(C)(C)N3CCS(=O)(=O)CC3)cc2C2=CCC(C)(C)CC2)[nH]1. The fourth-order valence-corrected chi connectivity index (χ4v) is 6.20. The van der Waals surface area contributed by atoms with Crippen molar-refractivity contribution >= 4 is 21.2 Å². The maximum atomic E-state index is 13.0. The second-order valence-electron chi connectivity index (χ2n) is 11.2. The molecule has 0 radical (unpaired) electrons. The maximum absolute atomic E-state index is 13.0. The van der Waals surface area contributed by atoms with Crippen LogP contribution in [0.3, 0.4) is 0 Å². The zero-order valence-corrected chi connectivity index (χ0v) is 21.9. The van der Waals surface area contributed by atoms with Crippen LogP contribution in [0.1, 0.15) is 80.0 Å². The van der Waals surface area contributed by atoms with Gasteiger partial charge in [-0.05, 0) is 73.8 Å². The van der Waals surface area contributed by atoms with E-state index in [2.05, 4.69) is 66.8 Å². The van der Waals surface area contributed by atoms with Gasteiger partial charge in [-0.15, -0.1) is 0 Å². The van der Waals surface area contributed by atoms with E-state index in [4.69, 9.17) is 0 Å². The molecule has 0 unspecified atom stereocenters. The van der Waals surface area contributed by atoms with Crippen molar-refractivity contribution in [3.63, 3.8) is 0 Å². The molecule has 1 aliphatic heterocycles. The average Bonchev–Trinajstić information content (AvgIpc) is 3.20. The van der Waals surface area contributed by atoms with E-state index < -0.39 is 9.84 Å². The number of aryl methyl sites for hydroxylation is 1. The highest BCUT2D eigenvalue weighted by atomic mass is 32.2. The van der Waals surface area contributed by atoms with Crippen LogP contribution >= 0.6 is 0 Å².